The maximum absolute atomic E-state index is 5.67. The lowest BCUT2D eigenvalue weighted by atomic mass is 9.93. The van der Waals surface area contributed by atoms with Gasteiger partial charge in [0.25, 0.3) is 0 Å². The van der Waals surface area contributed by atoms with Crippen LogP contribution in [0.1, 0.15) is 33.1 Å². The highest BCUT2D eigenvalue weighted by Crippen LogP contribution is 2.24. The molecule has 106 valence electrons. The molecule has 0 spiro atoms. The lowest BCUT2D eigenvalue weighted by Crippen LogP contribution is -2.41. The molecular weight excluding hydrogens is 246 g/mol. The molecule has 19 heavy (non-hydrogen) atoms. The van der Waals surface area contributed by atoms with Gasteiger partial charge < -0.3 is 20.5 Å². The molecule has 0 unspecified atom stereocenters. The minimum Gasteiger partial charge on any atom is -0.463 e. The van der Waals surface area contributed by atoms with Gasteiger partial charge in [0.15, 0.2) is 0 Å². The zero-order valence-corrected chi connectivity index (χ0v) is 11.5. The van der Waals surface area contributed by atoms with E-state index in [0.29, 0.717) is 12.6 Å². The Hall–Kier alpha value is -1.63. The van der Waals surface area contributed by atoms with Gasteiger partial charge >= 0.3 is 6.01 Å². The van der Waals surface area contributed by atoms with E-state index < -0.39 is 0 Å². The average Bonchev–Trinajstić information content (AvgIpc) is 2.36. The molecule has 1 aromatic rings. The summed E-state index contributed by atoms with van der Waals surface area (Å²) in [5.74, 6) is 0.627. The van der Waals surface area contributed by atoms with Crippen LogP contribution in [0.4, 0.5) is 11.9 Å². The number of nitrogens with zero attached hydrogens (tertiary/aromatic N) is 3. The summed E-state index contributed by atoms with van der Waals surface area (Å²) in [5.41, 5.74) is 5.60. The molecule has 2 heterocycles. The van der Waals surface area contributed by atoms with Crippen LogP contribution in [0.5, 0.6) is 6.01 Å². The van der Waals surface area contributed by atoms with Crippen molar-refractivity contribution in [2.75, 3.05) is 30.9 Å². The zero-order chi connectivity index (χ0) is 13.7. The molecule has 0 aliphatic carbocycles. The first-order valence-corrected chi connectivity index (χ1v) is 6.61. The number of nitrogens with two attached hydrogens (primary N) is 1. The van der Waals surface area contributed by atoms with E-state index in [2.05, 4.69) is 27.2 Å². The number of rotatable bonds is 5. The Bertz CT molecular complexity index is 421. The summed E-state index contributed by atoms with van der Waals surface area (Å²) in [5, 5.41) is 3.31. The summed E-state index contributed by atoms with van der Waals surface area (Å²) in [4.78, 5) is 12.3. The van der Waals surface area contributed by atoms with Crippen molar-refractivity contribution < 1.29 is 9.47 Å². The number of hydrogen-bond donors (Lipinski definition) is 2. The Labute approximate surface area is 112 Å². The molecule has 1 aliphatic rings. The minimum absolute atomic E-state index is 0.0753. The second-order valence-electron chi connectivity index (χ2n) is 4.95. The highest BCUT2D eigenvalue weighted by Gasteiger charge is 2.28. The zero-order valence-electron chi connectivity index (χ0n) is 11.5. The number of hydrogen-bond acceptors (Lipinski definition) is 7. The van der Waals surface area contributed by atoms with Crippen molar-refractivity contribution in [3.05, 3.63) is 0 Å². The van der Waals surface area contributed by atoms with E-state index in [1.165, 1.54) is 0 Å². The fraction of sp³-hybridized carbons (Fsp3) is 0.750. The van der Waals surface area contributed by atoms with Crippen LogP contribution in [0.25, 0.3) is 0 Å². The van der Waals surface area contributed by atoms with Crippen LogP contribution in [0.3, 0.4) is 0 Å². The molecule has 0 radical (unpaired) electrons. The Kier molecular flexibility index (Phi) is 4.36. The summed E-state index contributed by atoms with van der Waals surface area (Å²) in [6.45, 7) is 6.19. The van der Waals surface area contributed by atoms with Gasteiger partial charge in [0.05, 0.1) is 6.61 Å². The molecule has 1 saturated heterocycles. The van der Waals surface area contributed by atoms with Gasteiger partial charge in [-0.1, -0.05) is 6.92 Å². The van der Waals surface area contributed by atoms with E-state index in [9.17, 15) is 0 Å². The SMILES string of the molecule is CCCOc1nc(N)nc(NC2(C)CCOCC2)n1. The second kappa shape index (κ2) is 6.01. The van der Waals surface area contributed by atoms with Crippen LogP contribution in [0.15, 0.2) is 0 Å². The Morgan fingerprint density at radius 2 is 2.05 bits per heavy atom. The first-order chi connectivity index (χ1) is 9.11. The Morgan fingerprint density at radius 3 is 2.74 bits per heavy atom. The summed E-state index contributed by atoms with van der Waals surface area (Å²) < 4.78 is 10.8. The fourth-order valence-corrected chi connectivity index (χ4v) is 1.90. The van der Waals surface area contributed by atoms with Gasteiger partial charge in [-0.3, -0.25) is 0 Å². The number of nitrogens with one attached hydrogen (secondary N) is 1. The second-order valence-corrected chi connectivity index (χ2v) is 4.95. The molecule has 0 amide bonds. The van der Waals surface area contributed by atoms with E-state index in [-0.39, 0.29) is 17.5 Å². The van der Waals surface area contributed by atoms with E-state index in [1.807, 2.05) is 6.92 Å². The molecule has 1 fully saturated rings. The molecule has 0 atom stereocenters. The fourth-order valence-electron chi connectivity index (χ4n) is 1.90. The third kappa shape index (κ3) is 3.92. The van der Waals surface area contributed by atoms with Crippen LogP contribution >= 0.6 is 0 Å². The monoisotopic (exact) mass is 267 g/mol. The van der Waals surface area contributed by atoms with Crippen LogP contribution in [-0.4, -0.2) is 40.3 Å². The molecule has 7 nitrogen and oxygen atoms in total. The van der Waals surface area contributed by atoms with Crippen LogP contribution < -0.4 is 15.8 Å². The quantitative estimate of drug-likeness (QED) is 0.828. The molecule has 3 N–H and O–H groups in total. The first kappa shape index (κ1) is 13.8. The minimum atomic E-state index is -0.0753. The largest absolute Gasteiger partial charge is 0.463 e. The highest BCUT2D eigenvalue weighted by atomic mass is 16.5. The Morgan fingerprint density at radius 1 is 1.32 bits per heavy atom. The van der Waals surface area contributed by atoms with Crippen molar-refractivity contribution in [1.29, 1.82) is 0 Å². The van der Waals surface area contributed by atoms with Crippen LogP contribution in [0.2, 0.25) is 0 Å². The number of nitrogen functional groups attached to an aromatic ring is 1. The lowest BCUT2D eigenvalue weighted by Gasteiger charge is -2.34. The molecule has 0 aromatic carbocycles. The van der Waals surface area contributed by atoms with Gasteiger partial charge in [-0.05, 0) is 26.2 Å². The number of aromatic nitrogens is 3. The van der Waals surface area contributed by atoms with Crippen LogP contribution in [-0.2, 0) is 4.74 Å². The van der Waals surface area contributed by atoms with E-state index in [1.54, 1.807) is 0 Å². The van der Waals surface area contributed by atoms with Crippen LogP contribution in [0, 0.1) is 0 Å². The molecule has 7 heteroatoms. The van der Waals surface area contributed by atoms with E-state index in [0.717, 1.165) is 32.5 Å². The van der Waals surface area contributed by atoms with Crippen molar-refractivity contribution >= 4 is 11.9 Å². The summed E-state index contributed by atoms with van der Waals surface area (Å²) >= 11 is 0. The van der Waals surface area contributed by atoms with Gasteiger partial charge in [-0.15, -0.1) is 0 Å². The van der Waals surface area contributed by atoms with Gasteiger partial charge in [-0.25, -0.2) is 0 Å². The average molecular weight is 267 g/mol. The van der Waals surface area contributed by atoms with Crippen molar-refractivity contribution in [2.24, 2.45) is 0 Å². The molecule has 0 saturated carbocycles. The van der Waals surface area contributed by atoms with Gasteiger partial charge in [0.1, 0.15) is 0 Å². The topological polar surface area (TPSA) is 95.2 Å². The maximum Gasteiger partial charge on any atom is 0.323 e. The summed E-state index contributed by atoms with van der Waals surface area (Å²) in [7, 11) is 0. The summed E-state index contributed by atoms with van der Waals surface area (Å²) in [6, 6.07) is 0.271. The normalized spacial score (nSPS) is 18.0. The van der Waals surface area contributed by atoms with Gasteiger partial charge in [0.2, 0.25) is 11.9 Å². The van der Waals surface area contributed by atoms with E-state index in [4.69, 9.17) is 15.2 Å². The highest BCUT2D eigenvalue weighted by molar-refractivity contribution is 5.35. The lowest BCUT2D eigenvalue weighted by molar-refractivity contribution is 0.0655. The van der Waals surface area contributed by atoms with Gasteiger partial charge in [0, 0.05) is 18.8 Å². The first-order valence-electron chi connectivity index (χ1n) is 6.61. The summed E-state index contributed by atoms with van der Waals surface area (Å²) in [6.07, 6.45) is 2.71. The number of ether oxygens (including phenoxy) is 2. The van der Waals surface area contributed by atoms with Crippen molar-refractivity contribution in [1.82, 2.24) is 15.0 Å². The van der Waals surface area contributed by atoms with Crippen molar-refractivity contribution in [3.8, 4) is 6.01 Å². The maximum atomic E-state index is 5.67. The standard InChI is InChI=1S/C12H21N5O2/c1-3-6-19-11-15-9(13)14-10(16-11)17-12(2)4-7-18-8-5-12/h3-8H2,1-2H3,(H3,13,14,15,16,17). The molecular formula is C12H21N5O2. The number of anilines is 2. The van der Waals surface area contributed by atoms with Crippen molar-refractivity contribution in [2.45, 2.75) is 38.6 Å². The molecule has 1 aliphatic heterocycles. The third-order valence-corrected chi connectivity index (χ3v) is 3.08. The predicted molar refractivity (Wildman–Crippen MR) is 72.1 cm³/mol. The smallest absolute Gasteiger partial charge is 0.323 e. The van der Waals surface area contributed by atoms with Crippen molar-refractivity contribution in [3.63, 3.8) is 0 Å². The molecule has 0 bridgehead atoms. The third-order valence-electron chi connectivity index (χ3n) is 3.08. The Balaban J connectivity index is 2.08. The van der Waals surface area contributed by atoms with E-state index >= 15 is 0 Å². The molecule has 2 rings (SSSR count). The van der Waals surface area contributed by atoms with Gasteiger partial charge in [-0.2, -0.15) is 15.0 Å². The molecule has 1 aromatic heterocycles. The predicted octanol–water partition coefficient (Wildman–Crippen LogP) is 1.22.